The molecule has 0 amide bonds. The molecule has 0 bridgehead atoms. The van der Waals surface area contributed by atoms with E-state index in [1.54, 1.807) is 0 Å². The van der Waals surface area contributed by atoms with Crippen LogP contribution in [0.4, 0.5) is 0 Å². The molecule has 17 heavy (non-hydrogen) atoms. The van der Waals surface area contributed by atoms with E-state index in [1.165, 1.54) is 25.9 Å². The maximum Gasteiger partial charge on any atom is 0.0635 e. The van der Waals surface area contributed by atoms with Gasteiger partial charge in [0, 0.05) is 27.1 Å². The van der Waals surface area contributed by atoms with E-state index in [1.807, 2.05) is 17.5 Å². The van der Waals surface area contributed by atoms with Gasteiger partial charge in [-0.1, -0.05) is 39.0 Å². The van der Waals surface area contributed by atoms with Gasteiger partial charge in [0.1, 0.15) is 0 Å². The fourth-order valence-electron chi connectivity index (χ4n) is 2.19. The maximum absolute atomic E-state index is 4.58. The summed E-state index contributed by atoms with van der Waals surface area (Å²) in [7, 11) is 0. The molecule has 0 aliphatic heterocycles. The van der Waals surface area contributed by atoms with Gasteiger partial charge in [0.25, 0.3) is 0 Å². The molecule has 1 nitrogen and oxygen atoms in total. The molecule has 3 rings (SSSR count). The summed E-state index contributed by atoms with van der Waals surface area (Å²) in [6.45, 7) is 6.66. The maximum atomic E-state index is 4.58. The molecule has 0 aliphatic rings. The summed E-state index contributed by atoms with van der Waals surface area (Å²) in [4.78, 5) is 4.58. The number of hydrogen-bond donors (Lipinski definition) is 0. The summed E-state index contributed by atoms with van der Waals surface area (Å²) in [6.07, 6.45) is 1.93. The largest absolute Gasteiger partial charge is 0.259 e. The van der Waals surface area contributed by atoms with Gasteiger partial charge in [-0.05, 0) is 12.1 Å². The van der Waals surface area contributed by atoms with Crippen LogP contribution in [0.15, 0.2) is 36.5 Å². The molecule has 2 aromatic heterocycles. The van der Waals surface area contributed by atoms with Crippen molar-refractivity contribution < 1.29 is 0 Å². The van der Waals surface area contributed by atoms with Gasteiger partial charge in [-0.25, -0.2) is 0 Å². The van der Waals surface area contributed by atoms with Crippen LogP contribution >= 0.6 is 11.3 Å². The standard InChI is InChI=1S/C15H15NS/c1-15(2,3)14-13-11(8-9-16-14)10-6-4-5-7-12(10)17-13/h4-9H,1-3H3. The van der Waals surface area contributed by atoms with Crippen LogP contribution in [0.3, 0.4) is 0 Å². The third-order valence-electron chi connectivity index (χ3n) is 3.00. The van der Waals surface area contributed by atoms with E-state index in [2.05, 4.69) is 56.1 Å². The second-order valence-corrected chi connectivity index (χ2v) is 6.44. The van der Waals surface area contributed by atoms with Gasteiger partial charge in [-0.15, -0.1) is 11.3 Å². The first-order valence-corrected chi connectivity index (χ1v) is 6.66. The molecule has 0 fully saturated rings. The molecule has 0 unspecified atom stereocenters. The van der Waals surface area contributed by atoms with Crippen molar-refractivity contribution in [1.29, 1.82) is 0 Å². The monoisotopic (exact) mass is 241 g/mol. The summed E-state index contributed by atoms with van der Waals surface area (Å²) in [5, 5.41) is 2.69. The highest BCUT2D eigenvalue weighted by Gasteiger charge is 2.20. The predicted molar refractivity (Wildman–Crippen MR) is 75.8 cm³/mol. The van der Waals surface area contributed by atoms with Crippen LogP contribution in [0.25, 0.3) is 20.2 Å². The molecule has 1 aromatic carbocycles. The highest BCUT2D eigenvalue weighted by molar-refractivity contribution is 7.26. The number of hydrogen-bond acceptors (Lipinski definition) is 2. The van der Waals surface area contributed by atoms with Crippen molar-refractivity contribution in [3.05, 3.63) is 42.2 Å². The highest BCUT2D eigenvalue weighted by atomic mass is 32.1. The Labute approximate surface area is 105 Å². The number of fused-ring (bicyclic) bond motifs is 3. The first-order chi connectivity index (χ1) is 8.07. The molecule has 0 aliphatic carbocycles. The molecule has 3 aromatic rings. The molecule has 86 valence electrons. The number of thiophene rings is 1. The third kappa shape index (κ3) is 1.64. The van der Waals surface area contributed by atoms with Gasteiger partial charge in [-0.2, -0.15) is 0 Å². The molecular weight excluding hydrogens is 226 g/mol. The van der Waals surface area contributed by atoms with Crippen LogP contribution in [0.5, 0.6) is 0 Å². The number of pyridine rings is 1. The summed E-state index contributed by atoms with van der Waals surface area (Å²) >= 11 is 1.85. The quantitative estimate of drug-likeness (QED) is 0.553. The zero-order valence-corrected chi connectivity index (χ0v) is 11.1. The average molecular weight is 241 g/mol. The minimum Gasteiger partial charge on any atom is -0.259 e. The lowest BCUT2D eigenvalue weighted by molar-refractivity contribution is 0.576. The lowest BCUT2D eigenvalue weighted by Crippen LogP contribution is -2.13. The summed E-state index contributed by atoms with van der Waals surface area (Å²) in [5.74, 6) is 0. The van der Waals surface area contributed by atoms with E-state index in [0.717, 1.165) is 0 Å². The van der Waals surface area contributed by atoms with Crippen molar-refractivity contribution in [2.24, 2.45) is 0 Å². The lowest BCUT2D eigenvalue weighted by atomic mass is 9.91. The minimum atomic E-state index is 0.0976. The number of rotatable bonds is 0. The normalized spacial score (nSPS) is 12.4. The van der Waals surface area contributed by atoms with Crippen molar-refractivity contribution in [3.63, 3.8) is 0 Å². The van der Waals surface area contributed by atoms with E-state index in [0.29, 0.717) is 0 Å². The molecule has 0 atom stereocenters. The van der Waals surface area contributed by atoms with Crippen molar-refractivity contribution >= 4 is 31.5 Å². The van der Waals surface area contributed by atoms with E-state index < -0.39 is 0 Å². The van der Waals surface area contributed by atoms with Gasteiger partial charge in [0.2, 0.25) is 0 Å². The first-order valence-electron chi connectivity index (χ1n) is 5.84. The zero-order chi connectivity index (χ0) is 12.0. The lowest BCUT2D eigenvalue weighted by Gasteiger charge is -2.18. The van der Waals surface area contributed by atoms with E-state index in [9.17, 15) is 0 Å². The summed E-state index contributed by atoms with van der Waals surface area (Å²) in [5.41, 5.74) is 1.30. The summed E-state index contributed by atoms with van der Waals surface area (Å²) < 4.78 is 2.68. The Morgan fingerprint density at radius 1 is 1.00 bits per heavy atom. The SMILES string of the molecule is CC(C)(C)c1nccc2c1sc1ccccc12. The molecule has 0 N–H and O–H groups in total. The molecule has 2 heterocycles. The van der Waals surface area contributed by atoms with Gasteiger partial charge < -0.3 is 0 Å². The predicted octanol–water partition coefficient (Wildman–Crippen LogP) is 4.75. The van der Waals surface area contributed by atoms with Crippen LogP contribution in [0.1, 0.15) is 26.5 Å². The molecule has 0 saturated carbocycles. The van der Waals surface area contributed by atoms with Gasteiger partial charge >= 0.3 is 0 Å². The van der Waals surface area contributed by atoms with Crippen LogP contribution < -0.4 is 0 Å². The Morgan fingerprint density at radius 2 is 1.76 bits per heavy atom. The highest BCUT2D eigenvalue weighted by Crippen LogP contribution is 2.38. The first kappa shape index (κ1) is 10.7. The number of aromatic nitrogens is 1. The molecular formula is C15H15NS. The molecule has 0 radical (unpaired) electrons. The number of nitrogens with zero attached hydrogens (tertiary/aromatic N) is 1. The number of benzene rings is 1. The topological polar surface area (TPSA) is 12.9 Å². The Balaban J connectivity index is 2.48. The van der Waals surface area contributed by atoms with Crippen molar-refractivity contribution in [1.82, 2.24) is 4.98 Å². The average Bonchev–Trinajstić information content (AvgIpc) is 2.65. The Hall–Kier alpha value is -1.41. The Bertz CT molecular complexity index is 689. The van der Waals surface area contributed by atoms with E-state index >= 15 is 0 Å². The molecule has 0 spiro atoms. The van der Waals surface area contributed by atoms with Gasteiger partial charge in [0.05, 0.1) is 10.4 Å². The Kier molecular flexibility index (Phi) is 2.23. The van der Waals surface area contributed by atoms with Crippen LogP contribution in [-0.4, -0.2) is 4.98 Å². The minimum absolute atomic E-state index is 0.0976. The second-order valence-electron chi connectivity index (χ2n) is 5.38. The fourth-order valence-corrected chi connectivity index (χ4v) is 3.58. The van der Waals surface area contributed by atoms with E-state index in [-0.39, 0.29) is 5.41 Å². The third-order valence-corrected chi connectivity index (χ3v) is 4.20. The van der Waals surface area contributed by atoms with E-state index in [4.69, 9.17) is 0 Å². The fraction of sp³-hybridized carbons (Fsp3) is 0.267. The van der Waals surface area contributed by atoms with Crippen LogP contribution in [0, 0.1) is 0 Å². The van der Waals surface area contributed by atoms with Crippen LogP contribution in [-0.2, 0) is 5.41 Å². The van der Waals surface area contributed by atoms with Crippen LogP contribution in [0.2, 0.25) is 0 Å². The summed E-state index contributed by atoms with van der Waals surface area (Å²) in [6, 6.07) is 10.7. The van der Waals surface area contributed by atoms with Gasteiger partial charge in [0.15, 0.2) is 0 Å². The Morgan fingerprint density at radius 3 is 2.53 bits per heavy atom. The smallest absolute Gasteiger partial charge is 0.0635 e. The van der Waals surface area contributed by atoms with Crippen molar-refractivity contribution in [3.8, 4) is 0 Å². The molecule has 2 heteroatoms. The van der Waals surface area contributed by atoms with Crippen molar-refractivity contribution in [2.75, 3.05) is 0 Å². The van der Waals surface area contributed by atoms with Crippen molar-refractivity contribution in [2.45, 2.75) is 26.2 Å². The van der Waals surface area contributed by atoms with Gasteiger partial charge in [-0.3, -0.25) is 4.98 Å². The molecule has 0 saturated heterocycles. The second kappa shape index (κ2) is 3.54. The zero-order valence-electron chi connectivity index (χ0n) is 10.3.